The quantitative estimate of drug-likeness (QED) is 0.381. The summed E-state index contributed by atoms with van der Waals surface area (Å²) < 4.78 is 11.4. The van der Waals surface area contributed by atoms with Gasteiger partial charge in [-0.15, -0.1) is 0 Å². The molecule has 0 bridgehead atoms. The van der Waals surface area contributed by atoms with Crippen LogP contribution < -0.4 is 20.2 Å². The Morgan fingerprint density at radius 3 is 2.44 bits per heavy atom. The molecule has 1 amide bonds. The van der Waals surface area contributed by atoms with Crippen molar-refractivity contribution in [2.24, 2.45) is 5.10 Å². The molecular weight excluding hydrogens is 364 g/mol. The number of rotatable bonds is 9. The van der Waals surface area contributed by atoms with Crippen LogP contribution in [0.1, 0.15) is 40.2 Å². The zero-order valence-electron chi connectivity index (χ0n) is 16.9. The smallest absolute Gasteiger partial charge is 0.260 e. The number of nitrogens with zero attached hydrogens (tertiary/aromatic N) is 2. The van der Waals surface area contributed by atoms with E-state index in [-0.39, 0.29) is 24.6 Å². The van der Waals surface area contributed by atoms with Gasteiger partial charge in [-0.3, -0.25) is 10.2 Å². The molecule has 0 atom stereocenters. The van der Waals surface area contributed by atoms with Gasteiger partial charge in [-0.25, -0.2) is 0 Å². The maximum Gasteiger partial charge on any atom is 0.260 e. The molecule has 0 fully saturated rings. The fraction of sp³-hybridized carbons (Fsp3) is 0.526. The second kappa shape index (κ2) is 11.4. The molecular formula is C19H30N4O3S. The molecule has 0 aromatic heterocycles. The van der Waals surface area contributed by atoms with Gasteiger partial charge in [-0.1, -0.05) is 0 Å². The second-order valence-corrected chi connectivity index (χ2v) is 6.77. The van der Waals surface area contributed by atoms with Crippen LogP contribution in [0.2, 0.25) is 0 Å². The van der Waals surface area contributed by atoms with Crippen molar-refractivity contribution in [2.75, 3.05) is 20.3 Å². The summed E-state index contributed by atoms with van der Waals surface area (Å²) in [6.07, 6.45) is 1.63. The molecule has 0 unspecified atom stereocenters. The van der Waals surface area contributed by atoms with Crippen molar-refractivity contribution < 1.29 is 14.3 Å². The van der Waals surface area contributed by atoms with Gasteiger partial charge in [-0.05, 0) is 70.6 Å². The number of benzene rings is 1. The topological polar surface area (TPSA) is 75.2 Å². The minimum Gasteiger partial charge on any atom is -0.490 e. The Bertz CT molecular complexity index is 654. The lowest BCUT2D eigenvalue weighted by Crippen LogP contribution is -2.44. The van der Waals surface area contributed by atoms with Gasteiger partial charge < -0.3 is 19.7 Å². The number of hydrogen-bond acceptors (Lipinski definition) is 5. The SMILES string of the molecule is CCOc1cc(/C=N\NC(=S)NC)ccc1OCC(=O)N(C(C)C)C(C)C. The van der Waals surface area contributed by atoms with Crippen LogP contribution in [-0.2, 0) is 4.79 Å². The summed E-state index contributed by atoms with van der Waals surface area (Å²) in [5.74, 6) is 1.03. The van der Waals surface area contributed by atoms with Gasteiger partial charge in [0.1, 0.15) is 0 Å². The monoisotopic (exact) mass is 394 g/mol. The van der Waals surface area contributed by atoms with E-state index >= 15 is 0 Å². The van der Waals surface area contributed by atoms with Crippen molar-refractivity contribution in [3.05, 3.63) is 23.8 Å². The first-order chi connectivity index (χ1) is 12.8. The summed E-state index contributed by atoms with van der Waals surface area (Å²) in [6.45, 7) is 10.3. The average Bonchev–Trinajstić information content (AvgIpc) is 2.60. The van der Waals surface area contributed by atoms with E-state index in [0.717, 1.165) is 5.56 Å². The molecule has 0 radical (unpaired) electrons. The molecule has 150 valence electrons. The number of hydrogen-bond donors (Lipinski definition) is 2. The normalized spacial score (nSPS) is 11.0. The highest BCUT2D eigenvalue weighted by Gasteiger charge is 2.21. The summed E-state index contributed by atoms with van der Waals surface area (Å²) in [5, 5.41) is 7.24. The van der Waals surface area contributed by atoms with Gasteiger partial charge in [0, 0.05) is 19.1 Å². The van der Waals surface area contributed by atoms with E-state index in [1.165, 1.54) is 0 Å². The lowest BCUT2D eigenvalue weighted by atomic mass is 10.2. The molecule has 1 aromatic rings. The number of carbonyl (C=O) groups is 1. The number of carbonyl (C=O) groups excluding carboxylic acids is 1. The first kappa shape index (κ1) is 22.7. The van der Waals surface area contributed by atoms with Crippen LogP contribution in [0.3, 0.4) is 0 Å². The molecule has 1 rings (SSSR count). The summed E-state index contributed by atoms with van der Waals surface area (Å²) in [7, 11) is 1.71. The van der Waals surface area contributed by atoms with Crippen molar-refractivity contribution in [1.82, 2.24) is 15.6 Å². The second-order valence-electron chi connectivity index (χ2n) is 6.37. The Morgan fingerprint density at radius 2 is 1.89 bits per heavy atom. The van der Waals surface area contributed by atoms with Crippen molar-refractivity contribution in [3.8, 4) is 11.5 Å². The third-order valence-corrected chi connectivity index (χ3v) is 3.92. The summed E-state index contributed by atoms with van der Waals surface area (Å²) in [5.41, 5.74) is 3.50. The highest BCUT2D eigenvalue weighted by Crippen LogP contribution is 2.28. The molecule has 0 aliphatic rings. The Balaban J connectivity index is 2.85. The number of hydrazone groups is 1. The maximum atomic E-state index is 12.5. The Hall–Kier alpha value is -2.35. The van der Waals surface area contributed by atoms with E-state index in [9.17, 15) is 4.79 Å². The molecule has 8 heteroatoms. The highest BCUT2D eigenvalue weighted by atomic mass is 32.1. The van der Waals surface area contributed by atoms with Crippen LogP contribution in [-0.4, -0.2) is 54.5 Å². The fourth-order valence-corrected chi connectivity index (χ4v) is 2.65. The van der Waals surface area contributed by atoms with Crippen LogP contribution in [0.25, 0.3) is 0 Å². The van der Waals surface area contributed by atoms with Crippen LogP contribution in [0, 0.1) is 0 Å². The highest BCUT2D eigenvalue weighted by molar-refractivity contribution is 7.80. The molecule has 7 nitrogen and oxygen atoms in total. The van der Waals surface area contributed by atoms with Gasteiger partial charge in [0.05, 0.1) is 12.8 Å². The Labute approximate surface area is 167 Å². The average molecular weight is 395 g/mol. The summed E-state index contributed by atoms with van der Waals surface area (Å²) in [4.78, 5) is 14.3. The Kier molecular flexibility index (Phi) is 9.56. The first-order valence-corrected chi connectivity index (χ1v) is 9.42. The van der Waals surface area contributed by atoms with Crippen LogP contribution in [0.5, 0.6) is 11.5 Å². The molecule has 27 heavy (non-hydrogen) atoms. The minimum absolute atomic E-state index is 0.0398. The van der Waals surface area contributed by atoms with Crippen LogP contribution >= 0.6 is 12.2 Å². The van der Waals surface area contributed by atoms with Crippen LogP contribution in [0.15, 0.2) is 23.3 Å². The molecule has 2 N–H and O–H groups in total. The predicted molar refractivity (Wildman–Crippen MR) is 113 cm³/mol. The van der Waals surface area contributed by atoms with Crippen molar-refractivity contribution in [1.29, 1.82) is 0 Å². The standard InChI is InChI=1S/C19H30N4O3S/c1-7-25-17-10-15(11-21-22-19(27)20-6)8-9-16(17)26-12-18(24)23(13(2)3)14(4)5/h8-11,13-14H,7,12H2,1-6H3,(H2,20,22,27)/b21-11-. The number of nitrogens with one attached hydrogen (secondary N) is 2. The molecule has 0 aliphatic heterocycles. The molecule has 0 spiro atoms. The maximum absolute atomic E-state index is 12.5. The first-order valence-electron chi connectivity index (χ1n) is 9.01. The molecule has 0 saturated carbocycles. The lowest BCUT2D eigenvalue weighted by Gasteiger charge is -2.30. The van der Waals surface area contributed by atoms with E-state index in [0.29, 0.717) is 23.2 Å². The number of thiocarbonyl (C=S) groups is 1. The number of amides is 1. The van der Waals surface area contributed by atoms with E-state index in [1.807, 2.05) is 40.7 Å². The Morgan fingerprint density at radius 1 is 1.22 bits per heavy atom. The van der Waals surface area contributed by atoms with Gasteiger partial charge >= 0.3 is 0 Å². The van der Waals surface area contributed by atoms with E-state index in [1.54, 1.807) is 30.3 Å². The van der Waals surface area contributed by atoms with E-state index < -0.39 is 0 Å². The third kappa shape index (κ3) is 7.42. The van der Waals surface area contributed by atoms with Crippen LogP contribution in [0.4, 0.5) is 0 Å². The molecule has 0 heterocycles. The number of ether oxygens (including phenoxy) is 2. The largest absolute Gasteiger partial charge is 0.490 e. The zero-order chi connectivity index (χ0) is 20.4. The molecule has 0 saturated heterocycles. The predicted octanol–water partition coefficient (Wildman–Crippen LogP) is 2.54. The van der Waals surface area contributed by atoms with Gasteiger partial charge in [0.25, 0.3) is 5.91 Å². The molecule has 1 aromatic carbocycles. The minimum atomic E-state index is -0.0575. The van der Waals surface area contributed by atoms with Gasteiger partial charge in [0.2, 0.25) is 0 Å². The van der Waals surface area contributed by atoms with Gasteiger partial charge in [0.15, 0.2) is 23.2 Å². The van der Waals surface area contributed by atoms with Gasteiger partial charge in [-0.2, -0.15) is 5.10 Å². The third-order valence-electron chi connectivity index (χ3n) is 3.63. The van der Waals surface area contributed by atoms with E-state index in [2.05, 4.69) is 15.8 Å². The van der Waals surface area contributed by atoms with E-state index in [4.69, 9.17) is 21.7 Å². The molecule has 0 aliphatic carbocycles. The zero-order valence-corrected chi connectivity index (χ0v) is 17.7. The van der Waals surface area contributed by atoms with Crippen molar-refractivity contribution in [3.63, 3.8) is 0 Å². The fourth-order valence-electron chi connectivity index (χ4n) is 2.60. The lowest BCUT2D eigenvalue weighted by molar-refractivity contribution is -0.137. The van der Waals surface area contributed by atoms with Crippen molar-refractivity contribution in [2.45, 2.75) is 46.7 Å². The van der Waals surface area contributed by atoms with Crippen molar-refractivity contribution >= 4 is 29.5 Å². The summed E-state index contributed by atoms with van der Waals surface area (Å²) >= 11 is 4.96. The summed E-state index contributed by atoms with van der Waals surface area (Å²) in [6, 6.07) is 5.63.